The molecule has 3 rings (SSSR count). The Labute approximate surface area is 107 Å². The van der Waals surface area contributed by atoms with E-state index in [9.17, 15) is 4.39 Å². The van der Waals surface area contributed by atoms with E-state index in [0.717, 1.165) is 17.3 Å². The predicted molar refractivity (Wildman–Crippen MR) is 73.5 cm³/mol. The third-order valence-electron chi connectivity index (χ3n) is 4.25. The molecule has 0 unspecified atom stereocenters. The van der Waals surface area contributed by atoms with Gasteiger partial charge in [-0.05, 0) is 48.9 Å². The van der Waals surface area contributed by atoms with Crippen molar-refractivity contribution in [2.24, 2.45) is 0 Å². The number of H-pyrrole nitrogens is 1. The van der Waals surface area contributed by atoms with E-state index >= 15 is 0 Å². The summed E-state index contributed by atoms with van der Waals surface area (Å²) in [6.45, 7) is 2.17. The monoisotopic (exact) mass is 245 g/mol. The summed E-state index contributed by atoms with van der Waals surface area (Å²) < 4.78 is 13.5. The summed E-state index contributed by atoms with van der Waals surface area (Å²) in [5.74, 6) is 0.505. The van der Waals surface area contributed by atoms with Gasteiger partial charge in [0.25, 0.3) is 0 Å². The van der Waals surface area contributed by atoms with Gasteiger partial charge in [0, 0.05) is 16.6 Å². The highest BCUT2D eigenvalue weighted by Crippen LogP contribution is 2.38. The lowest BCUT2D eigenvalue weighted by molar-refractivity contribution is 0.443. The molecule has 0 aliphatic heterocycles. The number of rotatable bonds is 2. The summed E-state index contributed by atoms with van der Waals surface area (Å²) in [5, 5.41) is 1.11. The molecule has 1 aliphatic carbocycles. The Morgan fingerprint density at radius 3 is 2.72 bits per heavy atom. The fourth-order valence-corrected chi connectivity index (χ4v) is 3.38. The van der Waals surface area contributed by atoms with E-state index < -0.39 is 0 Å². The number of benzene rings is 1. The lowest BCUT2D eigenvalue weighted by Crippen LogP contribution is -2.06. The fourth-order valence-electron chi connectivity index (χ4n) is 3.38. The van der Waals surface area contributed by atoms with Gasteiger partial charge in [-0.2, -0.15) is 0 Å². The highest BCUT2D eigenvalue weighted by molar-refractivity contribution is 5.85. The predicted octanol–water partition coefficient (Wildman–Crippen LogP) is 4.92. The van der Waals surface area contributed by atoms with Gasteiger partial charge in [0.05, 0.1) is 0 Å². The minimum absolute atomic E-state index is 0.124. The summed E-state index contributed by atoms with van der Waals surface area (Å²) >= 11 is 0. The van der Waals surface area contributed by atoms with Crippen molar-refractivity contribution in [2.45, 2.75) is 51.4 Å². The van der Waals surface area contributed by atoms with Gasteiger partial charge >= 0.3 is 0 Å². The van der Waals surface area contributed by atoms with Crippen molar-refractivity contribution in [2.75, 3.05) is 0 Å². The molecule has 0 saturated heterocycles. The fraction of sp³-hybridized carbons (Fsp3) is 0.500. The molecule has 2 aromatic rings. The smallest absolute Gasteiger partial charge is 0.123 e. The minimum Gasteiger partial charge on any atom is -0.358 e. The summed E-state index contributed by atoms with van der Waals surface area (Å²) in [5.41, 5.74) is 3.79. The first-order valence-electron chi connectivity index (χ1n) is 7.09. The van der Waals surface area contributed by atoms with Crippen LogP contribution in [0.5, 0.6) is 0 Å². The summed E-state index contributed by atoms with van der Waals surface area (Å²) in [7, 11) is 0. The molecule has 96 valence electrons. The number of aromatic nitrogens is 1. The maximum Gasteiger partial charge on any atom is 0.123 e. The van der Waals surface area contributed by atoms with Crippen LogP contribution >= 0.6 is 0 Å². The van der Waals surface area contributed by atoms with Crippen LogP contribution in [0.2, 0.25) is 0 Å². The van der Waals surface area contributed by atoms with Gasteiger partial charge < -0.3 is 4.98 Å². The minimum atomic E-state index is -0.124. The van der Waals surface area contributed by atoms with Gasteiger partial charge in [-0.3, -0.25) is 0 Å². The third-order valence-corrected chi connectivity index (χ3v) is 4.25. The second-order valence-corrected chi connectivity index (χ2v) is 5.40. The standard InChI is InChI=1S/C16H20FN/c1-2-14-16(11-6-4-3-5-7-11)13-10-12(17)8-9-15(13)18-14/h8-11,18H,2-7H2,1H3. The first-order valence-corrected chi connectivity index (χ1v) is 7.09. The van der Waals surface area contributed by atoms with Gasteiger partial charge in [-0.1, -0.05) is 26.2 Å². The van der Waals surface area contributed by atoms with Crippen LogP contribution < -0.4 is 0 Å². The molecule has 0 radical (unpaired) electrons. The van der Waals surface area contributed by atoms with E-state index in [-0.39, 0.29) is 5.82 Å². The topological polar surface area (TPSA) is 15.8 Å². The molecule has 1 aromatic carbocycles. The van der Waals surface area contributed by atoms with Crippen LogP contribution in [0, 0.1) is 5.82 Å². The maximum atomic E-state index is 13.5. The number of aromatic amines is 1. The zero-order valence-corrected chi connectivity index (χ0v) is 10.9. The van der Waals surface area contributed by atoms with Crippen molar-refractivity contribution in [3.05, 3.63) is 35.3 Å². The van der Waals surface area contributed by atoms with Crippen LogP contribution in [-0.4, -0.2) is 4.98 Å². The van der Waals surface area contributed by atoms with Gasteiger partial charge in [-0.15, -0.1) is 0 Å². The molecule has 1 heterocycles. The molecule has 18 heavy (non-hydrogen) atoms. The number of hydrogen-bond acceptors (Lipinski definition) is 0. The molecule has 1 saturated carbocycles. The van der Waals surface area contributed by atoms with E-state index in [1.54, 1.807) is 12.1 Å². The summed E-state index contributed by atoms with van der Waals surface area (Å²) in [6, 6.07) is 5.12. The quantitative estimate of drug-likeness (QED) is 0.773. The third kappa shape index (κ3) is 1.94. The van der Waals surface area contributed by atoms with Gasteiger partial charge in [0.1, 0.15) is 5.82 Å². The van der Waals surface area contributed by atoms with Crippen LogP contribution in [0.3, 0.4) is 0 Å². The molecule has 0 amide bonds. The zero-order chi connectivity index (χ0) is 12.5. The van der Waals surface area contributed by atoms with Crippen LogP contribution in [0.25, 0.3) is 10.9 Å². The van der Waals surface area contributed by atoms with Crippen molar-refractivity contribution >= 4 is 10.9 Å². The molecule has 0 spiro atoms. The van der Waals surface area contributed by atoms with Crippen molar-refractivity contribution in [1.29, 1.82) is 0 Å². The Bertz CT molecular complexity index is 549. The molecule has 0 bridgehead atoms. The van der Waals surface area contributed by atoms with Gasteiger partial charge in [-0.25, -0.2) is 4.39 Å². The average Bonchev–Trinajstić information content (AvgIpc) is 2.77. The summed E-state index contributed by atoms with van der Waals surface area (Å²) in [4.78, 5) is 3.47. The molecule has 2 heteroatoms. The van der Waals surface area contributed by atoms with Crippen LogP contribution in [0.1, 0.15) is 56.2 Å². The number of fused-ring (bicyclic) bond motifs is 1. The van der Waals surface area contributed by atoms with E-state index in [2.05, 4.69) is 11.9 Å². The highest BCUT2D eigenvalue weighted by atomic mass is 19.1. The number of aryl methyl sites for hydroxylation is 1. The first-order chi connectivity index (χ1) is 8.79. The lowest BCUT2D eigenvalue weighted by atomic mass is 9.82. The number of hydrogen-bond donors (Lipinski definition) is 1. The maximum absolute atomic E-state index is 13.5. The molecule has 1 aliphatic rings. The van der Waals surface area contributed by atoms with Crippen LogP contribution in [0.15, 0.2) is 18.2 Å². The zero-order valence-electron chi connectivity index (χ0n) is 10.9. The van der Waals surface area contributed by atoms with Gasteiger partial charge in [0.2, 0.25) is 0 Å². The Morgan fingerprint density at radius 2 is 2.00 bits per heavy atom. The van der Waals surface area contributed by atoms with Crippen molar-refractivity contribution in [3.63, 3.8) is 0 Å². The largest absolute Gasteiger partial charge is 0.358 e. The highest BCUT2D eigenvalue weighted by Gasteiger charge is 2.22. The van der Waals surface area contributed by atoms with E-state index in [1.165, 1.54) is 43.4 Å². The van der Waals surface area contributed by atoms with E-state index in [0.29, 0.717) is 5.92 Å². The molecule has 1 aromatic heterocycles. The van der Waals surface area contributed by atoms with Crippen molar-refractivity contribution in [1.82, 2.24) is 4.98 Å². The molecular weight excluding hydrogens is 225 g/mol. The van der Waals surface area contributed by atoms with E-state index in [4.69, 9.17) is 0 Å². The number of nitrogens with one attached hydrogen (secondary N) is 1. The number of halogens is 1. The molecule has 1 fully saturated rings. The van der Waals surface area contributed by atoms with Crippen molar-refractivity contribution in [3.8, 4) is 0 Å². The SMILES string of the molecule is CCc1[nH]c2ccc(F)cc2c1C1CCCCC1. The van der Waals surface area contributed by atoms with Crippen molar-refractivity contribution < 1.29 is 4.39 Å². The lowest BCUT2D eigenvalue weighted by Gasteiger charge is -2.22. The average molecular weight is 245 g/mol. The van der Waals surface area contributed by atoms with Crippen LogP contribution in [-0.2, 0) is 6.42 Å². The molecular formula is C16H20FN. The normalized spacial score (nSPS) is 17.4. The second kappa shape index (κ2) is 4.75. The Kier molecular flexibility index (Phi) is 3.11. The molecule has 0 atom stereocenters. The van der Waals surface area contributed by atoms with E-state index in [1.807, 2.05) is 6.07 Å². The Morgan fingerprint density at radius 1 is 1.22 bits per heavy atom. The Balaban J connectivity index is 2.14. The summed E-state index contributed by atoms with van der Waals surface area (Å²) in [6.07, 6.45) is 7.51. The van der Waals surface area contributed by atoms with Gasteiger partial charge in [0.15, 0.2) is 0 Å². The molecule has 1 N–H and O–H groups in total. The molecule has 1 nitrogen and oxygen atoms in total. The first kappa shape index (κ1) is 11.8. The Hall–Kier alpha value is -1.31. The second-order valence-electron chi connectivity index (χ2n) is 5.40. The van der Waals surface area contributed by atoms with Crippen LogP contribution in [0.4, 0.5) is 4.39 Å².